The maximum Gasteiger partial charge on any atom is 0.264 e. The highest BCUT2D eigenvalue weighted by Gasteiger charge is 2.28. The molecule has 1 saturated heterocycles. The summed E-state index contributed by atoms with van der Waals surface area (Å²) in [6.45, 7) is 4.37. The average Bonchev–Trinajstić information content (AvgIpc) is 3.22. The van der Waals surface area contributed by atoms with Gasteiger partial charge in [0.1, 0.15) is 5.82 Å². The molecule has 0 saturated carbocycles. The second-order valence-corrected chi connectivity index (χ2v) is 7.47. The third-order valence-corrected chi connectivity index (χ3v) is 5.72. The van der Waals surface area contributed by atoms with Crippen LogP contribution < -0.4 is 0 Å². The molecule has 0 bridgehead atoms. The van der Waals surface area contributed by atoms with Gasteiger partial charge in [0.2, 0.25) is 0 Å². The van der Waals surface area contributed by atoms with Crippen molar-refractivity contribution < 1.29 is 9.53 Å². The molecule has 6 heteroatoms. The van der Waals surface area contributed by atoms with E-state index in [9.17, 15) is 4.79 Å². The molecule has 1 amide bonds. The number of thiophene rings is 1. The number of imidazole rings is 1. The largest absolute Gasteiger partial charge is 0.379 e. The van der Waals surface area contributed by atoms with Gasteiger partial charge in [-0.15, -0.1) is 11.3 Å². The van der Waals surface area contributed by atoms with E-state index in [4.69, 9.17) is 4.74 Å². The van der Waals surface area contributed by atoms with Gasteiger partial charge in [0.25, 0.3) is 5.91 Å². The van der Waals surface area contributed by atoms with Crippen molar-refractivity contribution in [1.82, 2.24) is 14.5 Å². The van der Waals surface area contributed by atoms with Crippen molar-refractivity contribution in [1.29, 1.82) is 0 Å². The smallest absolute Gasteiger partial charge is 0.264 e. The highest BCUT2D eigenvalue weighted by molar-refractivity contribution is 7.14. The van der Waals surface area contributed by atoms with Gasteiger partial charge in [-0.25, -0.2) is 4.98 Å². The number of hydrogen-bond donors (Lipinski definition) is 0. The van der Waals surface area contributed by atoms with E-state index in [2.05, 4.69) is 14.5 Å². The lowest BCUT2D eigenvalue weighted by Crippen LogP contribution is -2.44. The Morgan fingerprint density at radius 1 is 1.42 bits per heavy atom. The molecule has 0 spiro atoms. The summed E-state index contributed by atoms with van der Waals surface area (Å²) in [5, 5.41) is 0. The summed E-state index contributed by atoms with van der Waals surface area (Å²) in [6.07, 6.45) is 8.23. The van der Waals surface area contributed by atoms with E-state index in [0.717, 1.165) is 47.9 Å². The van der Waals surface area contributed by atoms with Crippen LogP contribution in [0, 0.1) is 6.92 Å². The zero-order valence-corrected chi connectivity index (χ0v) is 15.2. The Hall–Kier alpha value is -1.66. The van der Waals surface area contributed by atoms with Gasteiger partial charge in [-0.05, 0) is 44.7 Å². The number of amides is 1. The monoisotopic (exact) mass is 347 g/mol. The highest BCUT2D eigenvalue weighted by atomic mass is 32.1. The standard InChI is InChI=1S/C18H25N3O2S/c1-14-19-9-12-20(14)11-8-15-5-3-4-10-21(15)18(22)17-7-6-16(24-17)13-23-2/h6-7,9,12,15H,3-5,8,10-11,13H2,1-2H3/t15-/m1/s1. The van der Waals surface area contributed by atoms with Crippen LogP contribution in [0.25, 0.3) is 0 Å². The van der Waals surface area contributed by atoms with Crippen molar-refractivity contribution in [2.24, 2.45) is 0 Å². The number of carbonyl (C=O) groups excluding carboxylic acids is 1. The average molecular weight is 347 g/mol. The summed E-state index contributed by atoms with van der Waals surface area (Å²) >= 11 is 1.55. The predicted octanol–water partition coefficient (Wildman–Crippen LogP) is 3.48. The lowest BCUT2D eigenvalue weighted by Gasteiger charge is -2.35. The zero-order chi connectivity index (χ0) is 16.9. The van der Waals surface area contributed by atoms with Crippen LogP contribution in [-0.2, 0) is 17.9 Å². The first-order valence-corrected chi connectivity index (χ1v) is 9.37. The summed E-state index contributed by atoms with van der Waals surface area (Å²) in [6, 6.07) is 4.25. The summed E-state index contributed by atoms with van der Waals surface area (Å²) in [4.78, 5) is 21.2. The van der Waals surface area contributed by atoms with Crippen molar-refractivity contribution in [2.75, 3.05) is 13.7 Å². The Morgan fingerprint density at radius 3 is 3.04 bits per heavy atom. The number of nitrogens with zero attached hydrogens (tertiary/aromatic N) is 3. The Labute approximate surface area is 147 Å². The molecule has 2 aromatic rings. The van der Waals surface area contributed by atoms with Crippen LogP contribution in [0.1, 0.15) is 46.1 Å². The Bertz CT molecular complexity index is 679. The zero-order valence-electron chi connectivity index (χ0n) is 14.4. The lowest BCUT2D eigenvalue weighted by molar-refractivity contribution is 0.0600. The second-order valence-electron chi connectivity index (χ2n) is 6.30. The molecule has 0 radical (unpaired) electrons. The van der Waals surface area contributed by atoms with Gasteiger partial charge < -0.3 is 14.2 Å². The topological polar surface area (TPSA) is 47.4 Å². The molecular formula is C18H25N3O2S. The maximum atomic E-state index is 12.9. The molecule has 0 aromatic carbocycles. The molecule has 0 N–H and O–H groups in total. The van der Waals surface area contributed by atoms with Gasteiger partial charge in [0, 0.05) is 43.5 Å². The number of piperidine rings is 1. The van der Waals surface area contributed by atoms with E-state index >= 15 is 0 Å². The normalized spacial score (nSPS) is 18.1. The summed E-state index contributed by atoms with van der Waals surface area (Å²) in [5.41, 5.74) is 0. The fourth-order valence-corrected chi connectivity index (χ4v) is 4.29. The van der Waals surface area contributed by atoms with E-state index in [1.165, 1.54) is 6.42 Å². The van der Waals surface area contributed by atoms with Crippen molar-refractivity contribution in [3.63, 3.8) is 0 Å². The highest BCUT2D eigenvalue weighted by Crippen LogP contribution is 2.26. The first-order chi connectivity index (χ1) is 11.7. The molecule has 1 atom stereocenters. The molecule has 3 rings (SSSR count). The van der Waals surface area contributed by atoms with Crippen molar-refractivity contribution in [2.45, 2.75) is 51.8 Å². The molecule has 5 nitrogen and oxygen atoms in total. The molecule has 24 heavy (non-hydrogen) atoms. The van der Waals surface area contributed by atoms with E-state index < -0.39 is 0 Å². The number of carbonyl (C=O) groups is 1. The van der Waals surface area contributed by atoms with Crippen LogP contribution in [0.4, 0.5) is 0 Å². The van der Waals surface area contributed by atoms with E-state index in [1.807, 2.05) is 31.5 Å². The minimum atomic E-state index is 0.175. The van der Waals surface area contributed by atoms with Crippen LogP contribution in [0.5, 0.6) is 0 Å². The Kier molecular flexibility index (Phi) is 5.68. The minimum Gasteiger partial charge on any atom is -0.379 e. The SMILES string of the molecule is COCc1ccc(C(=O)N2CCCC[C@@H]2CCn2ccnc2C)s1. The summed E-state index contributed by atoms with van der Waals surface area (Å²) in [7, 11) is 1.68. The van der Waals surface area contributed by atoms with Gasteiger partial charge in [0.05, 0.1) is 11.5 Å². The number of methoxy groups -OCH3 is 1. The van der Waals surface area contributed by atoms with Gasteiger partial charge in [-0.1, -0.05) is 0 Å². The fraction of sp³-hybridized carbons (Fsp3) is 0.556. The van der Waals surface area contributed by atoms with Crippen LogP contribution in [-0.4, -0.2) is 40.1 Å². The lowest BCUT2D eigenvalue weighted by atomic mass is 9.99. The van der Waals surface area contributed by atoms with E-state index in [1.54, 1.807) is 18.4 Å². The molecule has 0 aliphatic carbocycles. The fourth-order valence-electron chi connectivity index (χ4n) is 3.35. The number of hydrogen-bond acceptors (Lipinski definition) is 4. The number of aromatic nitrogens is 2. The molecule has 1 aliphatic rings. The van der Waals surface area contributed by atoms with Crippen LogP contribution in [0.3, 0.4) is 0 Å². The van der Waals surface area contributed by atoms with Gasteiger partial charge in [-0.3, -0.25) is 4.79 Å². The molecule has 1 aliphatic heterocycles. The maximum absolute atomic E-state index is 12.9. The van der Waals surface area contributed by atoms with Gasteiger partial charge in [-0.2, -0.15) is 0 Å². The van der Waals surface area contributed by atoms with Crippen molar-refractivity contribution in [3.05, 3.63) is 40.1 Å². The Morgan fingerprint density at radius 2 is 2.29 bits per heavy atom. The number of ether oxygens (including phenoxy) is 1. The minimum absolute atomic E-state index is 0.175. The molecular weight excluding hydrogens is 322 g/mol. The molecule has 130 valence electrons. The van der Waals surface area contributed by atoms with E-state index in [0.29, 0.717) is 12.6 Å². The van der Waals surface area contributed by atoms with Crippen LogP contribution >= 0.6 is 11.3 Å². The van der Waals surface area contributed by atoms with Crippen molar-refractivity contribution >= 4 is 17.2 Å². The molecule has 3 heterocycles. The molecule has 1 fully saturated rings. The first-order valence-electron chi connectivity index (χ1n) is 8.55. The number of aryl methyl sites for hydroxylation is 2. The third-order valence-electron chi connectivity index (χ3n) is 4.67. The van der Waals surface area contributed by atoms with Gasteiger partial charge >= 0.3 is 0 Å². The van der Waals surface area contributed by atoms with E-state index in [-0.39, 0.29) is 5.91 Å². The van der Waals surface area contributed by atoms with Gasteiger partial charge in [0.15, 0.2) is 0 Å². The Balaban J connectivity index is 1.66. The number of rotatable bonds is 6. The summed E-state index contributed by atoms with van der Waals surface area (Å²) < 4.78 is 7.32. The van der Waals surface area contributed by atoms with Crippen molar-refractivity contribution in [3.8, 4) is 0 Å². The second kappa shape index (κ2) is 7.94. The predicted molar refractivity (Wildman–Crippen MR) is 95.3 cm³/mol. The quantitative estimate of drug-likeness (QED) is 0.804. The third kappa shape index (κ3) is 3.87. The molecule has 0 unspecified atom stereocenters. The first kappa shape index (κ1) is 17.2. The van der Waals surface area contributed by atoms with Crippen LogP contribution in [0.2, 0.25) is 0 Å². The summed E-state index contributed by atoms with van der Waals surface area (Å²) in [5.74, 6) is 1.21. The molecule has 2 aromatic heterocycles. The number of likely N-dealkylation sites (tertiary alicyclic amines) is 1. The van der Waals surface area contributed by atoms with Crippen LogP contribution in [0.15, 0.2) is 24.5 Å².